The van der Waals surface area contributed by atoms with Crippen LogP contribution in [0, 0.1) is 11.6 Å². The lowest BCUT2D eigenvalue weighted by molar-refractivity contribution is 0.388. The lowest BCUT2D eigenvalue weighted by Crippen LogP contribution is -2.16. The van der Waals surface area contributed by atoms with Crippen molar-refractivity contribution in [2.45, 2.75) is 12.5 Å². The van der Waals surface area contributed by atoms with Crippen LogP contribution in [0.2, 0.25) is 0 Å². The molecule has 0 aliphatic carbocycles. The van der Waals surface area contributed by atoms with Gasteiger partial charge in [-0.2, -0.15) is 0 Å². The number of halogens is 2. The van der Waals surface area contributed by atoms with Crippen molar-refractivity contribution < 1.29 is 13.5 Å². The van der Waals surface area contributed by atoms with Crippen molar-refractivity contribution in [2.24, 2.45) is 5.73 Å². The Morgan fingerprint density at radius 2 is 2.05 bits per heavy atom. The third-order valence-corrected chi connectivity index (χ3v) is 2.86. The van der Waals surface area contributed by atoms with Gasteiger partial charge in [-0.3, -0.25) is 0 Å². The molecule has 0 aliphatic rings. The van der Waals surface area contributed by atoms with Crippen molar-refractivity contribution in [3.05, 3.63) is 59.3 Å². The zero-order valence-electron chi connectivity index (χ0n) is 10.4. The standard InChI is InChI=1S/C14H14F2N2O/c1-19-14-10(5-3-7-18-14)12(17)8-9-4-2-6-11(15)13(9)16/h2-7,12H,8,17H2,1H3. The summed E-state index contributed by atoms with van der Waals surface area (Å²) in [6, 6.07) is 7.02. The second kappa shape index (κ2) is 5.75. The molecule has 0 radical (unpaired) electrons. The van der Waals surface area contributed by atoms with Gasteiger partial charge in [0.15, 0.2) is 11.6 Å². The van der Waals surface area contributed by atoms with E-state index in [9.17, 15) is 8.78 Å². The fourth-order valence-corrected chi connectivity index (χ4v) is 1.91. The van der Waals surface area contributed by atoms with Gasteiger partial charge in [0.05, 0.1) is 7.11 Å². The van der Waals surface area contributed by atoms with E-state index in [1.165, 1.54) is 19.2 Å². The summed E-state index contributed by atoms with van der Waals surface area (Å²) >= 11 is 0. The summed E-state index contributed by atoms with van der Waals surface area (Å²) in [5, 5.41) is 0. The van der Waals surface area contributed by atoms with E-state index in [0.29, 0.717) is 11.4 Å². The van der Waals surface area contributed by atoms with Crippen molar-refractivity contribution in [2.75, 3.05) is 7.11 Å². The minimum atomic E-state index is -0.872. The number of hydrogen-bond acceptors (Lipinski definition) is 3. The quantitative estimate of drug-likeness (QED) is 0.923. The summed E-state index contributed by atoms with van der Waals surface area (Å²) in [6.07, 6.45) is 1.75. The van der Waals surface area contributed by atoms with Crippen molar-refractivity contribution >= 4 is 0 Å². The predicted octanol–water partition coefficient (Wildman–Crippen LogP) is 2.61. The maximum atomic E-state index is 13.6. The summed E-state index contributed by atoms with van der Waals surface area (Å²) in [5.41, 5.74) is 6.91. The molecule has 0 saturated carbocycles. The molecule has 19 heavy (non-hydrogen) atoms. The van der Waals surface area contributed by atoms with Crippen LogP contribution in [-0.2, 0) is 6.42 Å². The second-order valence-electron chi connectivity index (χ2n) is 4.13. The molecular weight excluding hydrogens is 250 g/mol. The molecule has 0 spiro atoms. The first kappa shape index (κ1) is 13.4. The van der Waals surface area contributed by atoms with Crippen LogP contribution < -0.4 is 10.5 Å². The lowest BCUT2D eigenvalue weighted by Gasteiger charge is -2.15. The number of methoxy groups -OCH3 is 1. The molecule has 1 aromatic carbocycles. The van der Waals surface area contributed by atoms with Gasteiger partial charge in [-0.1, -0.05) is 18.2 Å². The Kier molecular flexibility index (Phi) is 4.06. The Morgan fingerprint density at radius 1 is 1.26 bits per heavy atom. The molecule has 2 aromatic rings. The molecular formula is C14H14F2N2O. The summed E-state index contributed by atoms with van der Waals surface area (Å²) < 4.78 is 31.8. The van der Waals surface area contributed by atoms with Gasteiger partial charge in [0, 0.05) is 17.8 Å². The van der Waals surface area contributed by atoms with Crippen molar-refractivity contribution in [3.63, 3.8) is 0 Å². The van der Waals surface area contributed by atoms with Gasteiger partial charge in [-0.15, -0.1) is 0 Å². The van der Waals surface area contributed by atoms with E-state index >= 15 is 0 Å². The summed E-state index contributed by atoms with van der Waals surface area (Å²) in [4.78, 5) is 4.03. The normalized spacial score (nSPS) is 12.2. The van der Waals surface area contributed by atoms with Gasteiger partial charge in [-0.05, 0) is 24.1 Å². The predicted molar refractivity (Wildman–Crippen MR) is 67.8 cm³/mol. The van der Waals surface area contributed by atoms with Gasteiger partial charge < -0.3 is 10.5 Å². The summed E-state index contributed by atoms with van der Waals surface area (Å²) in [7, 11) is 1.49. The second-order valence-corrected chi connectivity index (χ2v) is 4.13. The van der Waals surface area contributed by atoms with Crippen LogP contribution in [-0.4, -0.2) is 12.1 Å². The number of rotatable bonds is 4. The minimum Gasteiger partial charge on any atom is -0.481 e. The van der Waals surface area contributed by atoms with Crippen LogP contribution in [0.25, 0.3) is 0 Å². The van der Waals surface area contributed by atoms with Crippen LogP contribution in [0.4, 0.5) is 8.78 Å². The zero-order chi connectivity index (χ0) is 13.8. The van der Waals surface area contributed by atoms with Crippen LogP contribution in [0.15, 0.2) is 36.5 Å². The summed E-state index contributed by atoms with van der Waals surface area (Å²) in [5.74, 6) is -1.34. The monoisotopic (exact) mass is 264 g/mol. The van der Waals surface area contributed by atoms with Gasteiger partial charge in [0.1, 0.15) is 0 Å². The van der Waals surface area contributed by atoms with E-state index in [1.807, 2.05) is 0 Å². The first-order valence-corrected chi connectivity index (χ1v) is 5.81. The van der Waals surface area contributed by atoms with E-state index in [-0.39, 0.29) is 12.0 Å². The van der Waals surface area contributed by atoms with Gasteiger partial charge in [0.2, 0.25) is 5.88 Å². The zero-order valence-corrected chi connectivity index (χ0v) is 10.4. The molecule has 1 aromatic heterocycles. The number of ether oxygens (including phenoxy) is 1. The maximum Gasteiger partial charge on any atom is 0.217 e. The van der Waals surface area contributed by atoms with Crippen LogP contribution in [0.3, 0.4) is 0 Å². The largest absolute Gasteiger partial charge is 0.481 e. The Labute approximate surface area is 110 Å². The highest BCUT2D eigenvalue weighted by molar-refractivity contribution is 5.31. The Hall–Kier alpha value is -2.01. The molecule has 2 N–H and O–H groups in total. The van der Waals surface area contributed by atoms with E-state index in [1.54, 1.807) is 18.3 Å². The van der Waals surface area contributed by atoms with Crippen LogP contribution >= 0.6 is 0 Å². The Morgan fingerprint density at radius 3 is 2.79 bits per heavy atom. The van der Waals surface area contributed by atoms with Crippen molar-refractivity contribution in [1.82, 2.24) is 4.98 Å². The van der Waals surface area contributed by atoms with Crippen LogP contribution in [0.1, 0.15) is 17.2 Å². The minimum absolute atomic E-state index is 0.172. The molecule has 3 nitrogen and oxygen atoms in total. The maximum absolute atomic E-state index is 13.6. The number of nitrogens with two attached hydrogens (primary N) is 1. The van der Waals surface area contributed by atoms with Gasteiger partial charge >= 0.3 is 0 Å². The molecule has 2 rings (SSSR count). The molecule has 1 heterocycles. The molecule has 0 saturated heterocycles. The lowest BCUT2D eigenvalue weighted by atomic mass is 10.00. The number of pyridine rings is 1. The molecule has 100 valence electrons. The van der Waals surface area contributed by atoms with E-state index in [2.05, 4.69) is 4.98 Å². The average Bonchev–Trinajstić information content (AvgIpc) is 2.43. The highest BCUT2D eigenvalue weighted by Crippen LogP contribution is 2.24. The van der Waals surface area contributed by atoms with Crippen molar-refractivity contribution in [3.8, 4) is 5.88 Å². The Balaban J connectivity index is 2.26. The summed E-state index contributed by atoms with van der Waals surface area (Å²) in [6.45, 7) is 0. The molecule has 0 fully saturated rings. The first-order valence-electron chi connectivity index (χ1n) is 5.81. The van der Waals surface area contributed by atoms with Crippen LogP contribution in [0.5, 0.6) is 5.88 Å². The third kappa shape index (κ3) is 2.88. The average molecular weight is 264 g/mol. The van der Waals surface area contributed by atoms with E-state index < -0.39 is 17.7 Å². The van der Waals surface area contributed by atoms with E-state index in [4.69, 9.17) is 10.5 Å². The molecule has 0 bridgehead atoms. The number of aromatic nitrogens is 1. The number of nitrogens with zero attached hydrogens (tertiary/aromatic N) is 1. The SMILES string of the molecule is COc1ncccc1C(N)Cc1cccc(F)c1F. The number of hydrogen-bond donors (Lipinski definition) is 1. The number of benzene rings is 1. The van der Waals surface area contributed by atoms with Gasteiger partial charge in [0.25, 0.3) is 0 Å². The molecule has 1 atom stereocenters. The third-order valence-electron chi connectivity index (χ3n) is 2.86. The molecule has 0 amide bonds. The molecule has 5 heteroatoms. The van der Waals surface area contributed by atoms with Crippen molar-refractivity contribution in [1.29, 1.82) is 0 Å². The van der Waals surface area contributed by atoms with Gasteiger partial charge in [-0.25, -0.2) is 13.8 Å². The fourth-order valence-electron chi connectivity index (χ4n) is 1.91. The highest BCUT2D eigenvalue weighted by Gasteiger charge is 2.16. The molecule has 0 aliphatic heterocycles. The fraction of sp³-hybridized carbons (Fsp3) is 0.214. The molecule has 1 unspecified atom stereocenters. The Bertz CT molecular complexity index is 575. The smallest absolute Gasteiger partial charge is 0.217 e. The first-order chi connectivity index (χ1) is 9.13. The van der Waals surface area contributed by atoms with E-state index in [0.717, 1.165) is 6.07 Å². The highest BCUT2D eigenvalue weighted by atomic mass is 19.2. The topological polar surface area (TPSA) is 48.1 Å².